The molecule has 1 fully saturated rings. The first kappa shape index (κ1) is 23.8. The second kappa shape index (κ2) is 8.33. The largest absolute Gasteiger partial charge is 0.339 e. The highest BCUT2D eigenvalue weighted by Crippen LogP contribution is 2.31. The van der Waals surface area contributed by atoms with E-state index in [0.29, 0.717) is 4.90 Å². The van der Waals surface area contributed by atoms with E-state index >= 15 is 0 Å². The molecule has 1 amide bonds. The summed E-state index contributed by atoms with van der Waals surface area (Å²) in [5.41, 5.74) is 4.58. The van der Waals surface area contributed by atoms with Gasteiger partial charge in [0.1, 0.15) is 0 Å². The van der Waals surface area contributed by atoms with Crippen LogP contribution in [0.15, 0.2) is 4.90 Å². The molecule has 0 radical (unpaired) electrons. The molecule has 0 spiro atoms. The smallest absolute Gasteiger partial charge is 0.243 e. The molecule has 1 aliphatic heterocycles. The summed E-state index contributed by atoms with van der Waals surface area (Å²) >= 11 is 0. The van der Waals surface area contributed by atoms with Crippen LogP contribution in [0.5, 0.6) is 0 Å². The fraction of sp³-hybridized carbons (Fsp3) is 0.632. The summed E-state index contributed by atoms with van der Waals surface area (Å²) in [4.78, 5) is 14.2. The van der Waals surface area contributed by atoms with Crippen molar-refractivity contribution >= 4 is 26.0 Å². The highest BCUT2D eigenvalue weighted by molar-refractivity contribution is 7.89. The van der Waals surface area contributed by atoms with E-state index in [-0.39, 0.29) is 38.6 Å². The first-order valence-corrected chi connectivity index (χ1v) is 12.7. The molecule has 0 saturated carbocycles. The zero-order chi connectivity index (χ0) is 22.3. The van der Waals surface area contributed by atoms with Crippen molar-refractivity contribution in [2.24, 2.45) is 0 Å². The van der Waals surface area contributed by atoms with Crippen LogP contribution >= 0.6 is 0 Å². The van der Waals surface area contributed by atoms with Crippen molar-refractivity contribution < 1.29 is 21.6 Å². The standard InChI is InChI=1S/C19H31N3O5S2/c1-13-14(2)16(4)19(17(5)15(13)3)29(26,27)22-10-8-21(9-11-22)18(23)12-20(6)28(7,24)25/h8-12H2,1-7H3. The van der Waals surface area contributed by atoms with Crippen molar-refractivity contribution in [1.29, 1.82) is 0 Å². The van der Waals surface area contributed by atoms with Crippen molar-refractivity contribution in [3.63, 3.8) is 0 Å². The summed E-state index contributed by atoms with van der Waals surface area (Å²) in [6.45, 7) is 10.1. The van der Waals surface area contributed by atoms with Crippen molar-refractivity contribution in [2.75, 3.05) is 46.0 Å². The Morgan fingerprint density at radius 3 is 1.66 bits per heavy atom. The van der Waals surface area contributed by atoms with Gasteiger partial charge in [-0.3, -0.25) is 4.79 Å². The Bertz CT molecular complexity index is 995. The third-order valence-corrected chi connectivity index (χ3v) is 9.48. The maximum absolute atomic E-state index is 13.4. The van der Waals surface area contributed by atoms with Gasteiger partial charge in [-0.05, 0) is 62.4 Å². The SMILES string of the molecule is Cc1c(C)c(C)c(S(=O)(=O)N2CCN(C(=O)CN(C)S(C)(=O)=O)CC2)c(C)c1C. The van der Waals surface area contributed by atoms with Gasteiger partial charge in [-0.25, -0.2) is 16.8 Å². The van der Waals surface area contributed by atoms with Gasteiger partial charge in [0, 0.05) is 33.2 Å². The Balaban J connectivity index is 2.21. The average Bonchev–Trinajstić information content (AvgIpc) is 2.64. The number of carbonyl (C=O) groups is 1. The van der Waals surface area contributed by atoms with Crippen molar-refractivity contribution in [2.45, 2.75) is 39.5 Å². The fourth-order valence-electron chi connectivity index (χ4n) is 3.57. The van der Waals surface area contributed by atoms with Gasteiger partial charge >= 0.3 is 0 Å². The molecule has 0 aromatic heterocycles. The number of sulfonamides is 2. The first-order chi connectivity index (χ1) is 13.2. The highest BCUT2D eigenvalue weighted by atomic mass is 32.2. The van der Waals surface area contributed by atoms with Crippen LogP contribution in [0.4, 0.5) is 0 Å². The summed E-state index contributed by atoms with van der Waals surface area (Å²) in [6, 6.07) is 0. The summed E-state index contributed by atoms with van der Waals surface area (Å²) in [7, 11) is -5.79. The average molecular weight is 446 g/mol. The quantitative estimate of drug-likeness (QED) is 0.673. The maximum Gasteiger partial charge on any atom is 0.243 e. The minimum atomic E-state index is -3.69. The molecule has 0 bridgehead atoms. The molecule has 0 atom stereocenters. The molecular formula is C19H31N3O5S2. The van der Waals surface area contributed by atoms with E-state index in [4.69, 9.17) is 0 Å². The number of hydrogen-bond acceptors (Lipinski definition) is 5. The summed E-state index contributed by atoms with van der Waals surface area (Å²) in [5.74, 6) is -0.329. The summed E-state index contributed by atoms with van der Waals surface area (Å²) in [5, 5.41) is 0. The predicted octanol–water partition coefficient (Wildman–Crippen LogP) is 0.953. The molecule has 29 heavy (non-hydrogen) atoms. The number of hydrogen-bond donors (Lipinski definition) is 0. The highest BCUT2D eigenvalue weighted by Gasteiger charge is 2.33. The number of rotatable bonds is 5. The fourth-order valence-corrected chi connectivity index (χ4v) is 5.89. The number of piperazine rings is 1. The van der Waals surface area contributed by atoms with E-state index in [1.165, 1.54) is 16.3 Å². The summed E-state index contributed by atoms with van der Waals surface area (Å²) < 4.78 is 52.1. The van der Waals surface area contributed by atoms with Crippen molar-refractivity contribution in [1.82, 2.24) is 13.5 Å². The van der Waals surface area contributed by atoms with Gasteiger partial charge in [0.25, 0.3) is 0 Å². The van der Waals surface area contributed by atoms with E-state index in [1.54, 1.807) is 0 Å². The van der Waals surface area contributed by atoms with E-state index in [1.807, 2.05) is 34.6 Å². The molecule has 1 heterocycles. The number of carbonyl (C=O) groups excluding carboxylic acids is 1. The van der Waals surface area contributed by atoms with Crippen LogP contribution in [0.25, 0.3) is 0 Å². The Kier molecular flexibility index (Phi) is 6.83. The van der Waals surface area contributed by atoms with E-state index in [0.717, 1.165) is 38.4 Å². The van der Waals surface area contributed by atoms with E-state index in [9.17, 15) is 21.6 Å². The lowest BCUT2D eigenvalue weighted by Crippen LogP contribution is -2.52. The lowest BCUT2D eigenvalue weighted by molar-refractivity contribution is -0.132. The van der Waals surface area contributed by atoms with Crippen molar-refractivity contribution in [3.8, 4) is 0 Å². The molecule has 1 aromatic rings. The first-order valence-electron chi connectivity index (χ1n) is 9.45. The Morgan fingerprint density at radius 1 is 0.828 bits per heavy atom. The Labute approximate surface area is 174 Å². The Hall–Kier alpha value is -1.49. The normalized spacial score (nSPS) is 16.5. The molecular weight excluding hydrogens is 414 g/mol. The molecule has 10 heteroatoms. The molecule has 8 nitrogen and oxygen atoms in total. The minimum absolute atomic E-state index is 0.182. The van der Waals surface area contributed by atoms with Crippen LogP contribution in [0.1, 0.15) is 27.8 Å². The zero-order valence-electron chi connectivity index (χ0n) is 18.2. The topological polar surface area (TPSA) is 95.1 Å². The molecule has 1 saturated heterocycles. The van der Waals surface area contributed by atoms with Crippen LogP contribution in [0.3, 0.4) is 0 Å². The molecule has 164 valence electrons. The third-order valence-electron chi connectivity index (χ3n) is 6.04. The lowest BCUT2D eigenvalue weighted by Gasteiger charge is -2.35. The van der Waals surface area contributed by atoms with E-state index < -0.39 is 20.0 Å². The van der Waals surface area contributed by atoms with Crippen LogP contribution in [0, 0.1) is 34.6 Å². The lowest BCUT2D eigenvalue weighted by atomic mass is 9.95. The van der Waals surface area contributed by atoms with Crippen LogP contribution < -0.4 is 0 Å². The second-order valence-electron chi connectivity index (χ2n) is 7.76. The second-order valence-corrected chi connectivity index (χ2v) is 11.7. The predicted molar refractivity (Wildman–Crippen MR) is 113 cm³/mol. The number of nitrogens with zero attached hydrogens (tertiary/aromatic N) is 3. The van der Waals surface area contributed by atoms with Gasteiger partial charge in [-0.2, -0.15) is 8.61 Å². The monoisotopic (exact) mass is 445 g/mol. The molecule has 1 aliphatic rings. The molecule has 0 unspecified atom stereocenters. The van der Waals surface area contributed by atoms with Gasteiger partial charge in [0.15, 0.2) is 0 Å². The van der Waals surface area contributed by atoms with E-state index in [2.05, 4.69) is 0 Å². The third kappa shape index (κ3) is 4.65. The van der Waals surface area contributed by atoms with Crippen LogP contribution in [-0.2, 0) is 24.8 Å². The number of likely N-dealkylation sites (N-methyl/N-ethyl adjacent to an activating group) is 1. The van der Waals surface area contributed by atoms with Crippen LogP contribution in [0.2, 0.25) is 0 Å². The minimum Gasteiger partial charge on any atom is -0.339 e. The molecule has 1 aromatic carbocycles. The molecule has 2 rings (SSSR count). The number of benzene rings is 1. The maximum atomic E-state index is 13.4. The van der Waals surface area contributed by atoms with Gasteiger partial charge in [0.2, 0.25) is 26.0 Å². The van der Waals surface area contributed by atoms with Crippen molar-refractivity contribution in [3.05, 3.63) is 27.8 Å². The van der Waals surface area contributed by atoms with Crippen LogP contribution in [-0.4, -0.2) is 82.3 Å². The van der Waals surface area contributed by atoms with Gasteiger partial charge < -0.3 is 4.90 Å². The number of amides is 1. The van der Waals surface area contributed by atoms with Gasteiger partial charge in [-0.15, -0.1) is 0 Å². The zero-order valence-corrected chi connectivity index (χ0v) is 19.9. The molecule has 0 aliphatic carbocycles. The Morgan fingerprint density at radius 2 is 1.24 bits per heavy atom. The summed E-state index contributed by atoms with van der Waals surface area (Å²) in [6.07, 6.45) is 1.04. The van der Waals surface area contributed by atoms with Gasteiger partial charge in [0.05, 0.1) is 17.7 Å². The molecule has 0 N–H and O–H groups in total. The van der Waals surface area contributed by atoms with Gasteiger partial charge in [-0.1, -0.05) is 0 Å².